The monoisotopic (exact) mass is 706 g/mol. The first-order valence-corrected chi connectivity index (χ1v) is 18.9. The summed E-state index contributed by atoms with van der Waals surface area (Å²) in [5.74, 6) is 0.861. The lowest BCUT2D eigenvalue weighted by Gasteiger charge is -2.34. The van der Waals surface area contributed by atoms with Crippen LogP contribution in [-0.4, -0.2) is 5.84 Å². The minimum absolute atomic E-state index is 0.154. The Morgan fingerprint density at radius 1 is 0.564 bits per heavy atom. The first-order chi connectivity index (χ1) is 27.0. The lowest BCUT2D eigenvalue weighted by molar-refractivity contribution is 0.411. The van der Waals surface area contributed by atoms with Gasteiger partial charge in [0.05, 0.1) is 11.6 Å². The summed E-state index contributed by atoms with van der Waals surface area (Å²) in [4.78, 5) is 5.46. The van der Waals surface area contributed by atoms with Crippen molar-refractivity contribution in [3.05, 3.63) is 203 Å². The number of nitrogens with zero attached hydrogens (tertiary/aromatic N) is 2. The minimum atomic E-state index is -0.343. The van der Waals surface area contributed by atoms with Crippen molar-refractivity contribution in [3.8, 4) is 39.4 Å². The second-order valence-electron chi connectivity index (χ2n) is 15.1. The van der Waals surface area contributed by atoms with Crippen molar-refractivity contribution in [1.82, 2.24) is 10.6 Å². The average Bonchev–Trinajstić information content (AvgIpc) is 3.49. The Hall–Kier alpha value is -6.80. The molecule has 0 fully saturated rings. The van der Waals surface area contributed by atoms with E-state index in [1.807, 2.05) is 18.2 Å². The SMILES string of the molecule is CC1(C)c2cc(-c3ccc(-c4c(C5N=C(c6ccccc6)NC(c6ccccc6)N5)c5ccccc5c5ccccc45)cc3)ccc2-c2cccc(C#N)c21. The molecular weight excluding hydrogens is 669 g/mol. The molecule has 1 aliphatic heterocycles. The third-order valence-electron chi connectivity index (χ3n) is 11.6. The van der Waals surface area contributed by atoms with Gasteiger partial charge in [0.15, 0.2) is 0 Å². The molecule has 0 bridgehead atoms. The summed E-state index contributed by atoms with van der Waals surface area (Å²) in [5, 5.41) is 22.4. The van der Waals surface area contributed by atoms with E-state index < -0.39 is 0 Å². The van der Waals surface area contributed by atoms with Crippen LogP contribution >= 0.6 is 0 Å². The van der Waals surface area contributed by atoms with Gasteiger partial charge in [-0.2, -0.15) is 5.26 Å². The van der Waals surface area contributed by atoms with Gasteiger partial charge in [-0.05, 0) is 83.7 Å². The van der Waals surface area contributed by atoms with E-state index >= 15 is 0 Å². The Bertz CT molecular complexity index is 2850. The van der Waals surface area contributed by atoms with E-state index in [1.165, 1.54) is 38.2 Å². The van der Waals surface area contributed by atoms with Crippen LogP contribution in [0.3, 0.4) is 0 Å². The summed E-state index contributed by atoms with van der Waals surface area (Å²) in [6.07, 6.45) is -0.497. The minimum Gasteiger partial charge on any atom is -0.350 e. The Morgan fingerprint density at radius 3 is 1.91 bits per heavy atom. The van der Waals surface area contributed by atoms with Crippen molar-refractivity contribution >= 4 is 27.4 Å². The van der Waals surface area contributed by atoms with E-state index in [4.69, 9.17) is 4.99 Å². The highest BCUT2D eigenvalue weighted by molar-refractivity contribution is 6.16. The molecule has 4 nitrogen and oxygen atoms in total. The molecule has 0 spiro atoms. The number of aliphatic imine (C=N–C) groups is 1. The van der Waals surface area contributed by atoms with Crippen LogP contribution in [0.4, 0.5) is 0 Å². The van der Waals surface area contributed by atoms with Crippen LogP contribution in [0.15, 0.2) is 175 Å². The molecule has 4 heteroatoms. The zero-order valence-electron chi connectivity index (χ0n) is 30.7. The predicted octanol–water partition coefficient (Wildman–Crippen LogP) is 11.8. The van der Waals surface area contributed by atoms with Gasteiger partial charge in [-0.15, -0.1) is 0 Å². The largest absolute Gasteiger partial charge is 0.350 e. The summed E-state index contributed by atoms with van der Waals surface area (Å²) in [7, 11) is 0. The van der Waals surface area contributed by atoms with Crippen molar-refractivity contribution in [2.75, 3.05) is 0 Å². The van der Waals surface area contributed by atoms with Crippen molar-refractivity contribution in [2.24, 2.45) is 4.99 Å². The standard InChI is InChI=1S/C51H38N4/c1-51(2)44-30-36(28-29-40(44)43-23-13-18-37(31-52)47(43)51)32-24-26-33(27-25-32)45-41-21-11-9-19-38(41)39-20-10-12-22-42(39)46(45)50-54-48(34-14-5-3-6-15-34)53-49(55-50)35-16-7-4-8-17-35/h3-30,48,50,54H,1-2H3,(H,53,55). The lowest BCUT2D eigenvalue weighted by atomic mass is 9.79. The summed E-state index contributed by atoms with van der Waals surface area (Å²) in [6.45, 7) is 4.47. The van der Waals surface area contributed by atoms with Gasteiger partial charge in [-0.3, -0.25) is 5.32 Å². The van der Waals surface area contributed by atoms with E-state index in [1.54, 1.807) is 0 Å². The Morgan fingerprint density at radius 2 is 1.18 bits per heavy atom. The molecule has 0 saturated heterocycles. The molecule has 0 saturated carbocycles. The first-order valence-electron chi connectivity index (χ1n) is 18.9. The number of nitriles is 1. The highest BCUT2D eigenvalue weighted by atomic mass is 15.3. The molecule has 2 atom stereocenters. The third kappa shape index (κ3) is 5.35. The number of fused-ring (bicyclic) bond motifs is 6. The van der Waals surface area contributed by atoms with Gasteiger partial charge in [0.1, 0.15) is 18.2 Å². The van der Waals surface area contributed by atoms with E-state index in [-0.39, 0.29) is 17.7 Å². The number of rotatable bonds is 5. The van der Waals surface area contributed by atoms with Crippen molar-refractivity contribution in [2.45, 2.75) is 31.6 Å². The van der Waals surface area contributed by atoms with Crippen LogP contribution in [0.1, 0.15) is 59.6 Å². The van der Waals surface area contributed by atoms with Crippen LogP contribution in [-0.2, 0) is 5.41 Å². The number of hydrogen-bond donors (Lipinski definition) is 2. The van der Waals surface area contributed by atoms with Crippen LogP contribution < -0.4 is 10.6 Å². The smallest absolute Gasteiger partial charge is 0.131 e. The molecule has 0 amide bonds. The van der Waals surface area contributed by atoms with Gasteiger partial charge in [-0.1, -0.05) is 172 Å². The summed E-state index contributed by atoms with van der Waals surface area (Å²) in [6, 6.07) is 62.8. The molecule has 2 aliphatic rings. The molecule has 8 aromatic rings. The van der Waals surface area contributed by atoms with E-state index in [0.717, 1.165) is 55.9 Å². The fourth-order valence-corrected chi connectivity index (χ4v) is 9.01. The Balaban J connectivity index is 1.14. The number of nitrogens with one attached hydrogen (secondary N) is 2. The zero-order valence-corrected chi connectivity index (χ0v) is 30.7. The molecule has 10 rings (SSSR count). The molecule has 2 N–H and O–H groups in total. The fourth-order valence-electron chi connectivity index (χ4n) is 9.01. The molecular formula is C51H38N4. The number of hydrogen-bond acceptors (Lipinski definition) is 4. The van der Waals surface area contributed by atoms with Crippen molar-refractivity contribution in [3.63, 3.8) is 0 Å². The Labute approximate surface area is 321 Å². The van der Waals surface area contributed by atoms with Gasteiger partial charge in [0, 0.05) is 16.5 Å². The zero-order chi connectivity index (χ0) is 37.1. The second kappa shape index (κ2) is 13.0. The molecule has 55 heavy (non-hydrogen) atoms. The van der Waals surface area contributed by atoms with Crippen LogP contribution in [0.2, 0.25) is 0 Å². The lowest BCUT2D eigenvalue weighted by Crippen LogP contribution is -2.45. The highest BCUT2D eigenvalue weighted by Crippen LogP contribution is 2.51. The van der Waals surface area contributed by atoms with Gasteiger partial charge in [0.2, 0.25) is 0 Å². The highest BCUT2D eigenvalue weighted by Gasteiger charge is 2.37. The number of amidine groups is 1. The van der Waals surface area contributed by atoms with Crippen LogP contribution in [0, 0.1) is 11.3 Å². The molecule has 1 aliphatic carbocycles. The van der Waals surface area contributed by atoms with Gasteiger partial charge in [-0.25, -0.2) is 4.99 Å². The van der Waals surface area contributed by atoms with Crippen molar-refractivity contribution < 1.29 is 0 Å². The van der Waals surface area contributed by atoms with E-state index in [9.17, 15) is 5.26 Å². The molecule has 2 unspecified atom stereocenters. The van der Waals surface area contributed by atoms with E-state index in [2.05, 4.69) is 182 Å². The normalized spacial score (nSPS) is 16.9. The summed E-state index contributed by atoms with van der Waals surface area (Å²) >= 11 is 0. The third-order valence-corrected chi connectivity index (χ3v) is 11.6. The average molecular weight is 707 g/mol. The topological polar surface area (TPSA) is 60.2 Å². The maximum Gasteiger partial charge on any atom is 0.131 e. The molecule has 8 aromatic carbocycles. The first kappa shape index (κ1) is 32.8. The number of benzene rings is 8. The molecule has 0 aromatic heterocycles. The maximum atomic E-state index is 9.96. The quantitative estimate of drug-likeness (QED) is 0.175. The molecule has 1 heterocycles. The van der Waals surface area contributed by atoms with Gasteiger partial charge in [0.25, 0.3) is 0 Å². The predicted molar refractivity (Wildman–Crippen MR) is 226 cm³/mol. The van der Waals surface area contributed by atoms with Crippen LogP contribution in [0.25, 0.3) is 54.9 Å². The van der Waals surface area contributed by atoms with Gasteiger partial charge >= 0.3 is 0 Å². The summed E-state index contributed by atoms with van der Waals surface area (Å²) < 4.78 is 0. The van der Waals surface area contributed by atoms with Crippen LogP contribution in [0.5, 0.6) is 0 Å². The molecule has 0 radical (unpaired) electrons. The van der Waals surface area contributed by atoms with Crippen molar-refractivity contribution in [1.29, 1.82) is 5.26 Å². The maximum absolute atomic E-state index is 9.96. The molecule has 262 valence electrons. The summed E-state index contributed by atoms with van der Waals surface area (Å²) in [5.41, 5.74) is 13.2. The second-order valence-corrected chi connectivity index (χ2v) is 15.1. The fraction of sp³-hybridized carbons (Fsp3) is 0.0980. The van der Waals surface area contributed by atoms with E-state index in [0.29, 0.717) is 0 Å². The van der Waals surface area contributed by atoms with Gasteiger partial charge < -0.3 is 5.32 Å². The Kier molecular flexibility index (Phi) is 7.73.